The molecule has 1 amide bonds. The number of nitrogens with one attached hydrogen (secondary N) is 1. The molecule has 1 aliphatic heterocycles. The molecule has 4 nitrogen and oxygen atoms in total. The molecule has 1 N–H and O–H groups in total. The highest BCUT2D eigenvalue weighted by Gasteiger charge is 2.31. The van der Waals surface area contributed by atoms with Gasteiger partial charge in [0.15, 0.2) is 0 Å². The fraction of sp³-hybridized carbons (Fsp3) is 0.167. The molecule has 2 aliphatic rings. The van der Waals surface area contributed by atoms with E-state index in [-0.39, 0.29) is 11.6 Å². The first-order valence-corrected chi connectivity index (χ1v) is 8.06. The Balaban J connectivity index is 2.35. The number of carbonyl (C=O) groups excluding carboxylic acids is 1. The monoisotopic (exact) mass is 387 g/mol. The van der Waals surface area contributed by atoms with Crippen LogP contribution < -0.4 is 0 Å². The lowest BCUT2D eigenvalue weighted by Gasteiger charge is -2.12. The van der Waals surface area contributed by atoms with Gasteiger partial charge >= 0.3 is 0 Å². The highest BCUT2D eigenvalue weighted by molar-refractivity contribution is 9.12. The maximum absolute atomic E-state index is 12.1. The highest BCUT2D eigenvalue weighted by atomic mass is 79.9. The zero-order valence-corrected chi connectivity index (χ0v) is 14.5. The Morgan fingerprint density at radius 3 is 2.85 bits per heavy atom. The number of likely N-dealkylation sites (N-methyl/N-ethyl adjacent to an activating group) is 1. The summed E-state index contributed by atoms with van der Waals surface area (Å²) in [5.74, 6) is -0.116. The van der Waals surface area contributed by atoms with Gasteiger partial charge in [-0.1, -0.05) is 30.1 Å². The molecule has 1 heterocycles. The third-order valence-corrected chi connectivity index (χ3v) is 4.96. The Hall–Kier alpha value is -0.700. The van der Waals surface area contributed by atoms with Crippen molar-refractivity contribution in [2.75, 3.05) is 6.54 Å². The van der Waals surface area contributed by atoms with Crippen LogP contribution in [-0.4, -0.2) is 33.1 Å². The molecule has 0 radical (unpaired) electrons. The standard InChI is InChI=1S/C12H10BrN3OS3/c1-2-16-11(17)8(20-12(16)18)5-6-3-4-7(13)10(15-19)9(6)14/h3-5,14,19H,2H2,1H3/b8-5+,14-9?,15-10-. The van der Waals surface area contributed by atoms with Crippen LogP contribution in [0.2, 0.25) is 0 Å². The number of halogens is 1. The van der Waals surface area contributed by atoms with Crippen molar-refractivity contribution in [1.82, 2.24) is 4.90 Å². The average molecular weight is 388 g/mol. The molecule has 2 rings (SSSR count). The maximum atomic E-state index is 12.1. The minimum absolute atomic E-state index is 0.116. The van der Waals surface area contributed by atoms with Crippen molar-refractivity contribution < 1.29 is 4.79 Å². The number of carbonyl (C=O) groups is 1. The molecule has 0 spiro atoms. The van der Waals surface area contributed by atoms with Crippen LogP contribution in [0.3, 0.4) is 0 Å². The van der Waals surface area contributed by atoms with E-state index in [2.05, 4.69) is 33.1 Å². The van der Waals surface area contributed by atoms with E-state index in [1.54, 1.807) is 18.2 Å². The van der Waals surface area contributed by atoms with Crippen molar-refractivity contribution in [3.8, 4) is 0 Å². The lowest BCUT2D eigenvalue weighted by molar-refractivity contribution is -0.122. The Bertz CT molecular complexity index is 634. The van der Waals surface area contributed by atoms with Crippen LogP contribution in [0.15, 0.2) is 37.6 Å². The third kappa shape index (κ3) is 2.83. The van der Waals surface area contributed by atoms with E-state index in [1.807, 2.05) is 6.92 Å². The second-order valence-corrected chi connectivity index (χ2v) is 6.62. The zero-order valence-electron chi connectivity index (χ0n) is 10.4. The fourth-order valence-corrected chi connectivity index (χ4v) is 3.85. The Morgan fingerprint density at radius 1 is 1.60 bits per heavy atom. The number of allylic oxidation sites excluding steroid dienone is 5. The molecule has 104 valence electrons. The number of nitrogens with zero attached hydrogens (tertiary/aromatic N) is 2. The summed E-state index contributed by atoms with van der Waals surface area (Å²) in [5.41, 5.74) is 1.27. The molecule has 1 saturated heterocycles. The molecule has 0 saturated carbocycles. The number of thiocarbonyl (C=S) groups is 1. The van der Waals surface area contributed by atoms with Crippen molar-refractivity contribution in [2.24, 2.45) is 4.40 Å². The van der Waals surface area contributed by atoms with E-state index in [9.17, 15) is 4.79 Å². The van der Waals surface area contributed by atoms with Gasteiger partial charge in [-0.3, -0.25) is 15.1 Å². The first-order valence-electron chi connectivity index (χ1n) is 5.64. The largest absolute Gasteiger partial charge is 0.298 e. The van der Waals surface area contributed by atoms with Gasteiger partial charge in [0.05, 0.1) is 10.6 Å². The summed E-state index contributed by atoms with van der Waals surface area (Å²) >= 11 is 13.6. The lowest BCUT2D eigenvalue weighted by atomic mass is 10.0. The fourth-order valence-electron chi connectivity index (χ4n) is 1.71. The Kier molecular flexibility index (Phi) is 5.00. The van der Waals surface area contributed by atoms with Gasteiger partial charge in [0.1, 0.15) is 10.0 Å². The number of hydrogen-bond donors (Lipinski definition) is 2. The predicted octanol–water partition coefficient (Wildman–Crippen LogP) is 3.27. The van der Waals surface area contributed by atoms with Crippen molar-refractivity contribution in [3.63, 3.8) is 0 Å². The number of amides is 1. The van der Waals surface area contributed by atoms with Crippen molar-refractivity contribution >= 4 is 74.4 Å². The summed E-state index contributed by atoms with van der Waals surface area (Å²) < 4.78 is 5.01. The van der Waals surface area contributed by atoms with E-state index in [4.69, 9.17) is 17.6 Å². The van der Waals surface area contributed by atoms with Gasteiger partial charge < -0.3 is 0 Å². The molecule has 0 aromatic carbocycles. The van der Waals surface area contributed by atoms with Gasteiger partial charge in [0.25, 0.3) is 5.91 Å². The molecular weight excluding hydrogens is 378 g/mol. The number of thioether (sulfide) groups is 1. The van der Waals surface area contributed by atoms with Crippen LogP contribution in [0.4, 0.5) is 0 Å². The summed E-state index contributed by atoms with van der Waals surface area (Å²) in [6.07, 6.45) is 5.21. The van der Waals surface area contributed by atoms with E-state index >= 15 is 0 Å². The topological polar surface area (TPSA) is 56.5 Å². The minimum Gasteiger partial charge on any atom is -0.298 e. The summed E-state index contributed by atoms with van der Waals surface area (Å²) in [5, 5.41) is 8.08. The first kappa shape index (κ1) is 15.7. The Labute approximate surface area is 140 Å². The van der Waals surface area contributed by atoms with E-state index in [0.29, 0.717) is 31.5 Å². The van der Waals surface area contributed by atoms with Gasteiger partial charge in [-0.15, -0.1) is 0 Å². The normalized spacial score (nSPS) is 23.8. The third-order valence-electron chi connectivity index (χ3n) is 2.74. The molecule has 0 unspecified atom stereocenters. The van der Waals surface area contributed by atoms with Gasteiger partial charge in [-0.25, -0.2) is 4.40 Å². The highest BCUT2D eigenvalue weighted by Crippen LogP contribution is 2.32. The molecule has 1 aliphatic carbocycles. The van der Waals surface area contributed by atoms with Crippen molar-refractivity contribution in [3.05, 3.63) is 33.2 Å². The first-order chi connectivity index (χ1) is 9.49. The molecule has 1 fully saturated rings. The number of rotatable bonds is 2. The van der Waals surface area contributed by atoms with Gasteiger partial charge in [0, 0.05) is 16.6 Å². The number of hydrogen-bond acceptors (Lipinski definition) is 6. The molecule has 8 heteroatoms. The van der Waals surface area contributed by atoms with Gasteiger partial charge in [-0.05, 0) is 47.8 Å². The van der Waals surface area contributed by atoms with Gasteiger partial charge in [-0.2, -0.15) is 0 Å². The average Bonchev–Trinajstić information content (AvgIpc) is 2.68. The van der Waals surface area contributed by atoms with Crippen molar-refractivity contribution in [1.29, 1.82) is 5.41 Å². The summed E-state index contributed by atoms with van der Waals surface area (Å²) in [6, 6.07) is 0. The van der Waals surface area contributed by atoms with Crippen LogP contribution in [0.1, 0.15) is 6.92 Å². The SMILES string of the molecule is CCN1C(=O)/C(=C\C2=CC=C(Br)/C(=N/S)C2=N)SC1=S. The predicted molar refractivity (Wildman–Crippen MR) is 94.9 cm³/mol. The quantitative estimate of drug-likeness (QED) is 0.330. The summed E-state index contributed by atoms with van der Waals surface area (Å²) in [7, 11) is 0. The van der Waals surface area contributed by atoms with Crippen molar-refractivity contribution in [2.45, 2.75) is 6.92 Å². The van der Waals surface area contributed by atoms with Crippen LogP contribution in [0.25, 0.3) is 0 Å². The van der Waals surface area contributed by atoms with Crippen LogP contribution in [0, 0.1) is 5.41 Å². The summed E-state index contributed by atoms with van der Waals surface area (Å²) in [6.45, 7) is 2.43. The molecule has 0 bridgehead atoms. The molecule has 0 aromatic rings. The summed E-state index contributed by atoms with van der Waals surface area (Å²) in [4.78, 5) is 14.2. The lowest BCUT2D eigenvalue weighted by Crippen LogP contribution is -2.27. The number of thiol groups is 1. The van der Waals surface area contributed by atoms with E-state index in [1.165, 1.54) is 16.7 Å². The second kappa shape index (κ2) is 6.38. The second-order valence-electron chi connectivity index (χ2n) is 3.89. The smallest absolute Gasteiger partial charge is 0.266 e. The van der Waals surface area contributed by atoms with E-state index in [0.717, 1.165) is 0 Å². The zero-order chi connectivity index (χ0) is 14.9. The van der Waals surface area contributed by atoms with Crippen LogP contribution >= 0.6 is 52.7 Å². The molecule has 20 heavy (non-hydrogen) atoms. The molecular formula is C12H10BrN3OS3. The maximum Gasteiger partial charge on any atom is 0.266 e. The molecule has 0 aromatic heterocycles. The van der Waals surface area contributed by atoms with E-state index < -0.39 is 0 Å². The van der Waals surface area contributed by atoms with Crippen LogP contribution in [0.5, 0.6) is 0 Å². The van der Waals surface area contributed by atoms with Crippen LogP contribution in [-0.2, 0) is 4.79 Å². The Morgan fingerprint density at radius 2 is 2.30 bits per heavy atom. The minimum atomic E-state index is -0.116. The molecule has 0 atom stereocenters. The van der Waals surface area contributed by atoms with Gasteiger partial charge in [0.2, 0.25) is 0 Å².